The lowest BCUT2D eigenvalue weighted by molar-refractivity contribution is 0.0690. The topological polar surface area (TPSA) is 159 Å². The number of carboxylic acids is 1. The summed E-state index contributed by atoms with van der Waals surface area (Å²) in [6.45, 7) is 1.68. The molecule has 4 aromatic carbocycles. The van der Waals surface area contributed by atoms with Crippen LogP contribution in [-0.2, 0) is 25.7 Å². The lowest BCUT2D eigenvalue weighted by atomic mass is 10.0. The molecule has 0 saturated heterocycles. The Balaban J connectivity index is 0.000000212. The third-order valence-electron chi connectivity index (χ3n) is 6.06. The van der Waals surface area contributed by atoms with Crippen molar-refractivity contribution in [3.05, 3.63) is 106 Å². The van der Waals surface area contributed by atoms with E-state index in [9.17, 15) is 35.4 Å². The molecule has 0 amide bonds. The van der Waals surface area contributed by atoms with Gasteiger partial charge < -0.3 is 35.7 Å². The standard InChI is InChI=1S/C15H14O5.C15H16O3/c16-11-5-3-9(4-6-11)1-2-10-7-12(17)14(15(19)20)13(18)8-10;1-10-14(17)8-12(9-15(10)18)3-2-11-4-6-13(16)7-5-11/h3-8,16-18H,1-2H2,(H,19,20);4-9,16-18H,2-3H2,1H3. The Morgan fingerprint density at radius 1 is 0.526 bits per heavy atom. The van der Waals surface area contributed by atoms with Crippen LogP contribution in [0.2, 0.25) is 0 Å². The number of benzene rings is 4. The fourth-order valence-corrected chi connectivity index (χ4v) is 3.82. The first-order valence-electron chi connectivity index (χ1n) is 11.9. The Hall–Kier alpha value is -4.85. The third kappa shape index (κ3) is 7.57. The van der Waals surface area contributed by atoms with Crippen molar-refractivity contribution in [3.63, 3.8) is 0 Å². The molecule has 0 heterocycles. The number of phenols is 6. The monoisotopic (exact) mass is 518 g/mol. The number of hydrogen-bond donors (Lipinski definition) is 7. The van der Waals surface area contributed by atoms with Crippen molar-refractivity contribution in [3.8, 4) is 34.5 Å². The van der Waals surface area contributed by atoms with E-state index >= 15 is 0 Å². The van der Waals surface area contributed by atoms with Gasteiger partial charge in [-0.25, -0.2) is 4.79 Å². The summed E-state index contributed by atoms with van der Waals surface area (Å²) in [5.74, 6) is -1.58. The first kappa shape index (κ1) is 27.7. The molecule has 0 aliphatic rings. The van der Waals surface area contributed by atoms with Crippen molar-refractivity contribution in [2.24, 2.45) is 0 Å². The van der Waals surface area contributed by atoms with Gasteiger partial charge in [0.15, 0.2) is 0 Å². The third-order valence-corrected chi connectivity index (χ3v) is 6.06. The van der Waals surface area contributed by atoms with Crippen LogP contribution in [0, 0.1) is 6.92 Å². The molecule has 0 spiro atoms. The van der Waals surface area contributed by atoms with Crippen LogP contribution in [0.3, 0.4) is 0 Å². The summed E-state index contributed by atoms with van der Waals surface area (Å²) in [5, 5.41) is 65.6. The summed E-state index contributed by atoms with van der Waals surface area (Å²) in [6.07, 6.45) is 2.70. The molecule has 0 radical (unpaired) electrons. The molecular weight excluding hydrogens is 488 g/mol. The number of phenolic OH excluding ortho intramolecular Hbond substituents is 4. The molecule has 8 heteroatoms. The lowest BCUT2D eigenvalue weighted by Gasteiger charge is -2.07. The Kier molecular flexibility index (Phi) is 9.05. The number of carboxylic acid groups (broad SMARTS) is 1. The van der Waals surface area contributed by atoms with Crippen molar-refractivity contribution in [2.45, 2.75) is 32.6 Å². The molecule has 0 aliphatic heterocycles. The average molecular weight is 519 g/mol. The van der Waals surface area contributed by atoms with Gasteiger partial charge in [-0.15, -0.1) is 0 Å². The summed E-state index contributed by atoms with van der Waals surface area (Å²) in [4.78, 5) is 10.8. The molecule has 0 aliphatic carbocycles. The van der Waals surface area contributed by atoms with Crippen LogP contribution >= 0.6 is 0 Å². The first-order chi connectivity index (χ1) is 18.0. The second kappa shape index (κ2) is 12.4. The maximum absolute atomic E-state index is 10.8. The Morgan fingerprint density at radius 2 is 0.842 bits per heavy atom. The summed E-state index contributed by atoms with van der Waals surface area (Å²) >= 11 is 0. The number of rotatable bonds is 7. The van der Waals surface area contributed by atoms with E-state index in [4.69, 9.17) is 5.11 Å². The molecule has 198 valence electrons. The lowest BCUT2D eigenvalue weighted by Crippen LogP contribution is -1.99. The molecule has 38 heavy (non-hydrogen) atoms. The molecule has 0 saturated carbocycles. The summed E-state index contributed by atoms with van der Waals surface area (Å²) < 4.78 is 0. The van der Waals surface area contributed by atoms with Crippen molar-refractivity contribution >= 4 is 5.97 Å². The minimum absolute atomic E-state index is 0.121. The van der Waals surface area contributed by atoms with E-state index in [1.165, 1.54) is 12.1 Å². The van der Waals surface area contributed by atoms with Crippen molar-refractivity contribution < 1.29 is 40.5 Å². The zero-order valence-corrected chi connectivity index (χ0v) is 20.8. The van der Waals surface area contributed by atoms with Crippen molar-refractivity contribution in [1.29, 1.82) is 0 Å². The Morgan fingerprint density at radius 3 is 1.18 bits per heavy atom. The highest BCUT2D eigenvalue weighted by atomic mass is 16.4. The summed E-state index contributed by atoms with van der Waals surface area (Å²) in [5.41, 5.74) is 3.64. The minimum Gasteiger partial charge on any atom is -0.508 e. The Labute approximate surface area is 220 Å². The van der Waals surface area contributed by atoms with Crippen LogP contribution in [0.25, 0.3) is 0 Å². The van der Waals surface area contributed by atoms with Gasteiger partial charge in [0.1, 0.15) is 40.1 Å². The van der Waals surface area contributed by atoms with Crippen LogP contribution in [0.4, 0.5) is 0 Å². The molecule has 7 N–H and O–H groups in total. The van der Waals surface area contributed by atoms with Gasteiger partial charge in [0.2, 0.25) is 0 Å². The van der Waals surface area contributed by atoms with E-state index in [-0.39, 0.29) is 23.0 Å². The predicted molar refractivity (Wildman–Crippen MR) is 142 cm³/mol. The second-order valence-corrected chi connectivity index (χ2v) is 8.91. The van der Waals surface area contributed by atoms with Gasteiger partial charge in [-0.1, -0.05) is 24.3 Å². The van der Waals surface area contributed by atoms with Crippen LogP contribution in [0.15, 0.2) is 72.8 Å². The summed E-state index contributed by atoms with van der Waals surface area (Å²) in [6, 6.07) is 19.8. The van der Waals surface area contributed by atoms with E-state index in [0.717, 1.165) is 29.5 Å². The van der Waals surface area contributed by atoms with E-state index < -0.39 is 23.0 Å². The number of hydrogen-bond acceptors (Lipinski definition) is 7. The highest BCUT2D eigenvalue weighted by Crippen LogP contribution is 2.30. The van der Waals surface area contributed by atoms with Crippen LogP contribution < -0.4 is 0 Å². The molecular formula is C30H30O8. The van der Waals surface area contributed by atoms with Gasteiger partial charge in [-0.2, -0.15) is 0 Å². The van der Waals surface area contributed by atoms with Crippen LogP contribution in [0.1, 0.15) is 38.2 Å². The van der Waals surface area contributed by atoms with E-state index in [0.29, 0.717) is 24.0 Å². The van der Waals surface area contributed by atoms with Crippen molar-refractivity contribution in [1.82, 2.24) is 0 Å². The molecule has 4 rings (SSSR count). The molecule has 0 bridgehead atoms. The van der Waals surface area contributed by atoms with Gasteiger partial charge >= 0.3 is 5.97 Å². The quantitative estimate of drug-likeness (QED) is 0.176. The smallest absolute Gasteiger partial charge is 0.343 e. The van der Waals surface area contributed by atoms with Crippen molar-refractivity contribution in [2.75, 3.05) is 0 Å². The fraction of sp³-hybridized carbons (Fsp3) is 0.167. The van der Waals surface area contributed by atoms with Gasteiger partial charge in [0, 0.05) is 5.56 Å². The zero-order valence-electron chi connectivity index (χ0n) is 20.8. The maximum Gasteiger partial charge on any atom is 0.343 e. The zero-order chi connectivity index (χ0) is 27.8. The molecule has 0 atom stereocenters. The second-order valence-electron chi connectivity index (χ2n) is 8.91. The minimum atomic E-state index is -1.37. The van der Waals surface area contributed by atoms with Gasteiger partial charge in [0.05, 0.1) is 0 Å². The van der Waals surface area contributed by atoms with Crippen LogP contribution in [0.5, 0.6) is 34.5 Å². The highest BCUT2D eigenvalue weighted by molar-refractivity contribution is 5.94. The molecule has 0 unspecified atom stereocenters. The number of carbonyl (C=O) groups is 1. The van der Waals surface area contributed by atoms with Gasteiger partial charge in [-0.3, -0.25) is 0 Å². The number of aromatic carboxylic acids is 1. The molecule has 8 nitrogen and oxygen atoms in total. The number of aryl methyl sites for hydroxylation is 4. The summed E-state index contributed by atoms with van der Waals surface area (Å²) in [7, 11) is 0. The average Bonchev–Trinajstić information content (AvgIpc) is 2.86. The fourth-order valence-electron chi connectivity index (χ4n) is 3.82. The normalized spacial score (nSPS) is 10.4. The highest BCUT2D eigenvalue weighted by Gasteiger charge is 2.16. The number of aromatic hydroxyl groups is 6. The Bertz CT molecular complexity index is 1350. The largest absolute Gasteiger partial charge is 0.508 e. The SMILES string of the molecule is Cc1c(O)cc(CCc2ccc(O)cc2)cc1O.O=C(O)c1c(O)cc(CCc2ccc(O)cc2)cc1O. The molecule has 4 aromatic rings. The molecule has 0 fully saturated rings. The first-order valence-corrected chi connectivity index (χ1v) is 11.9. The maximum atomic E-state index is 10.8. The van der Waals surface area contributed by atoms with Gasteiger partial charge in [0.25, 0.3) is 0 Å². The molecule has 0 aromatic heterocycles. The van der Waals surface area contributed by atoms with Crippen LogP contribution in [-0.4, -0.2) is 41.7 Å². The van der Waals surface area contributed by atoms with Gasteiger partial charge in [-0.05, 0) is 103 Å². The van der Waals surface area contributed by atoms with E-state index in [2.05, 4.69) is 0 Å². The predicted octanol–water partition coefficient (Wildman–Crippen LogP) is 5.18. The van der Waals surface area contributed by atoms with E-state index in [1.807, 2.05) is 12.1 Å². The van der Waals surface area contributed by atoms with E-state index in [1.54, 1.807) is 55.5 Å².